The van der Waals surface area contributed by atoms with Crippen LogP contribution in [0.15, 0.2) is 65.6 Å². The highest BCUT2D eigenvalue weighted by Gasteiger charge is 2.33. The molecule has 0 atom stereocenters. The zero-order chi connectivity index (χ0) is 26.6. The predicted molar refractivity (Wildman–Crippen MR) is 136 cm³/mol. The van der Waals surface area contributed by atoms with Crippen LogP contribution in [0.25, 0.3) is 11.2 Å². The van der Waals surface area contributed by atoms with Gasteiger partial charge in [-0.25, -0.2) is 9.37 Å². The zero-order valence-electron chi connectivity index (χ0n) is 20.9. The number of fused-ring (bicyclic) bond motifs is 1. The number of halogens is 4. The van der Waals surface area contributed by atoms with Crippen LogP contribution in [-0.4, -0.2) is 14.5 Å². The van der Waals surface area contributed by atoms with Crippen LogP contribution in [0.5, 0.6) is 0 Å². The number of hydrogen-bond donors (Lipinski definition) is 0. The van der Waals surface area contributed by atoms with Gasteiger partial charge in [-0.05, 0) is 68.0 Å². The van der Waals surface area contributed by atoms with Crippen LogP contribution < -0.4 is 5.56 Å². The minimum atomic E-state index is -4.49. The van der Waals surface area contributed by atoms with Crippen LogP contribution in [0.4, 0.5) is 17.6 Å². The van der Waals surface area contributed by atoms with Crippen LogP contribution in [0.3, 0.4) is 0 Å². The first-order valence-electron chi connectivity index (χ1n) is 12.4. The monoisotopic (exact) mass is 511 g/mol. The Morgan fingerprint density at radius 3 is 2.35 bits per heavy atom. The molecule has 5 rings (SSSR count). The Hall–Kier alpha value is -3.55. The van der Waals surface area contributed by atoms with Gasteiger partial charge in [-0.1, -0.05) is 49.6 Å². The van der Waals surface area contributed by atoms with Gasteiger partial charge in [0.15, 0.2) is 5.65 Å². The maximum atomic E-state index is 13.5. The molecule has 4 nitrogen and oxygen atoms in total. The van der Waals surface area contributed by atoms with E-state index >= 15 is 0 Å². The molecule has 1 aliphatic rings. The molecule has 0 unspecified atom stereocenters. The van der Waals surface area contributed by atoms with E-state index < -0.39 is 11.7 Å². The highest BCUT2D eigenvalue weighted by atomic mass is 19.4. The Labute approximate surface area is 213 Å². The van der Waals surface area contributed by atoms with Crippen molar-refractivity contribution in [1.29, 1.82) is 0 Å². The zero-order valence-corrected chi connectivity index (χ0v) is 20.9. The van der Waals surface area contributed by atoms with Gasteiger partial charge in [0.25, 0.3) is 5.56 Å². The Balaban J connectivity index is 0.000000342. The molecule has 0 radical (unpaired) electrons. The quantitative estimate of drug-likeness (QED) is 0.270. The highest BCUT2D eigenvalue weighted by Crippen LogP contribution is 2.34. The summed E-state index contributed by atoms with van der Waals surface area (Å²) in [5, 5.41) is 0. The smallest absolute Gasteiger partial charge is 0.287 e. The summed E-state index contributed by atoms with van der Waals surface area (Å²) >= 11 is 0. The van der Waals surface area contributed by atoms with Crippen molar-refractivity contribution in [2.24, 2.45) is 0 Å². The van der Waals surface area contributed by atoms with Gasteiger partial charge in [0.2, 0.25) is 0 Å². The molecular formula is C29H29F4N3O. The summed E-state index contributed by atoms with van der Waals surface area (Å²) < 4.78 is 54.0. The molecule has 0 bridgehead atoms. The highest BCUT2D eigenvalue weighted by molar-refractivity contribution is 5.71. The first kappa shape index (κ1) is 26.5. The molecule has 0 spiro atoms. The van der Waals surface area contributed by atoms with E-state index in [1.54, 1.807) is 31.3 Å². The van der Waals surface area contributed by atoms with Gasteiger partial charge in [-0.2, -0.15) is 13.2 Å². The third-order valence-electron chi connectivity index (χ3n) is 6.62. The van der Waals surface area contributed by atoms with Crippen molar-refractivity contribution in [1.82, 2.24) is 14.5 Å². The molecule has 4 aromatic rings. The molecule has 37 heavy (non-hydrogen) atoms. The van der Waals surface area contributed by atoms with E-state index in [0.717, 1.165) is 43.7 Å². The van der Waals surface area contributed by atoms with Crippen LogP contribution in [-0.2, 0) is 12.7 Å². The van der Waals surface area contributed by atoms with Crippen LogP contribution in [0, 0.1) is 19.7 Å². The molecule has 0 aliphatic heterocycles. The Bertz CT molecular complexity index is 1420. The SMILES string of the molecule is Cc1cccc(F)c1.Cc1cnc2cc(C3CCCCC3)c(=O)n(Cc3ccccc3C(F)(F)F)c2n1. The molecule has 8 heteroatoms. The molecule has 2 aromatic carbocycles. The summed E-state index contributed by atoms with van der Waals surface area (Å²) in [5.41, 5.74) is 2.13. The second-order valence-electron chi connectivity index (χ2n) is 9.50. The standard InChI is InChI=1S/C22H22F3N3O.C7H7F/c1-14-12-26-19-11-17(15-7-3-2-4-8-15)21(29)28(20(19)27-14)13-16-9-5-6-10-18(16)22(23,24)25;1-6-3-2-4-7(8)5-6/h5-6,9-12,15H,2-4,7-8,13H2,1H3;2-5H,1H3. The number of hydrogen-bond acceptors (Lipinski definition) is 3. The first-order chi connectivity index (χ1) is 17.6. The Morgan fingerprint density at radius 1 is 0.973 bits per heavy atom. The van der Waals surface area contributed by atoms with Gasteiger partial charge in [0.1, 0.15) is 11.3 Å². The second kappa shape index (κ2) is 11.2. The van der Waals surface area contributed by atoms with Crippen molar-refractivity contribution in [3.8, 4) is 0 Å². The largest absolute Gasteiger partial charge is 0.416 e. The van der Waals surface area contributed by atoms with E-state index in [1.165, 1.54) is 28.8 Å². The number of rotatable bonds is 3. The predicted octanol–water partition coefficient (Wildman–Crippen LogP) is 7.35. The molecule has 194 valence electrons. The third kappa shape index (κ3) is 6.42. The van der Waals surface area contributed by atoms with Crippen molar-refractivity contribution in [2.75, 3.05) is 0 Å². The summed E-state index contributed by atoms with van der Waals surface area (Å²) in [5.74, 6) is -0.0436. The molecular weight excluding hydrogens is 482 g/mol. The number of pyridine rings is 1. The maximum absolute atomic E-state index is 13.5. The third-order valence-corrected chi connectivity index (χ3v) is 6.62. The van der Waals surface area contributed by atoms with Crippen LogP contribution in [0.2, 0.25) is 0 Å². The second-order valence-corrected chi connectivity index (χ2v) is 9.50. The summed E-state index contributed by atoms with van der Waals surface area (Å²) in [6.07, 6.45) is 2.22. The number of aromatic nitrogens is 3. The fraction of sp³-hybridized carbons (Fsp3) is 0.345. The molecule has 1 saturated carbocycles. The number of benzene rings is 2. The lowest BCUT2D eigenvalue weighted by Gasteiger charge is -2.23. The van der Waals surface area contributed by atoms with Crippen molar-refractivity contribution >= 4 is 11.2 Å². The van der Waals surface area contributed by atoms with Crippen molar-refractivity contribution in [2.45, 2.75) is 64.6 Å². The number of aryl methyl sites for hydroxylation is 2. The summed E-state index contributed by atoms with van der Waals surface area (Å²) in [7, 11) is 0. The lowest BCUT2D eigenvalue weighted by Crippen LogP contribution is -2.28. The normalized spacial score (nSPS) is 14.3. The lowest BCUT2D eigenvalue weighted by atomic mass is 9.84. The fourth-order valence-corrected chi connectivity index (χ4v) is 4.80. The summed E-state index contributed by atoms with van der Waals surface area (Å²) in [6.45, 7) is 3.42. The number of alkyl halides is 3. The average molecular weight is 512 g/mol. The van der Waals surface area contributed by atoms with Gasteiger partial charge in [0.05, 0.1) is 17.8 Å². The minimum absolute atomic E-state index is 0.0486. The molecule has 0 N–H and O–H groups in total. The van der Waals surface area contributed by atoms with Gasteiger partial charge >= 0.3 is 6.18 Å². The van der Waals surface area contributed by atoms with Crippen molar-refractivity contribution < 1.29 is 17.6 Å². The lowest BCUT2D eigenvalue weighted by molar-refractivity contribution is -0.138. The van der Waals surface area contributed by atoms with Gasteiger partial charge in [-0.15, -0.1) is 0 Å². The number of nitrogens with zero attached hydrogens (tertiary/aromatic N) is 3. The van der Waals surface area contributed by atoms with E-state index in [9.17, 15) is 22.4 Å². The van der Waals surface area contributed by atoms with Crippen LogP contribution >= 0.6 is 0 Å². The van der Waals surface area contributed by atoms with Crippen molar-refractivity contribution in [3.63, 3.8) is 0 Å². The maximum Gasteiger partial charge on any atom is 0.416 e. The van der Waals surface area contributed by atoms with E-state index in [4.69, 9.17) is 0 Å². The average Bonchev–Trinajstić information content (AvgIpc) is 2.86. The van der Waals surface area contributed by atoms with Gasteiger partial charge < -0.3 is 0 Å². The molecule has 1 fully saturated rings. The first-order valence-corrected chi connectivity index (χ1v) is 12.4. The van der Waals surface area contributed by atoms with E-state index in [2.05, 4.69) is 9.97 Å². The molecule has 0 amide bonds. The Kier molecular flexibility index (Phi) is 8.05. The summed E-state index contributed by atoms with van der Waals surface area (Å²) in [6, 6.07) is 13.7. The van der Waals surface area contributed by atoms with Gasteiger partial charge in [0, 0.05) is 11.8 Å². The fourth-order valence-electron chi connectivity index (χ4n) is 4.80. The minimum Gasteiger partial charge on any atom is -0.287 e. The van der Waals surface area contributed by atoms with E-state index in [-0.39, 0.29) is 29.4 Å². The van der Waals surface area contributed by atoms with Crippen molar-refractivity contribution in [3.05, 3.63) is 105 Å². The van der Waals surface area contributed by atoms with Gasteiger partial charge in [-0.3, -0.25) is 14.3 Å². The molecule has 2 aromatic heterocycles. The molecule has 2 heterocycles. The Morgan fingerprint density at radius 2 is 1.70 bits per heavy atom. The summed E-state index contributed by atoms with van der Waals surface area (Å²) in [4.78, 5) is 22.2. The topological polar surface area (TPSA) is 47.8 Å². The van der Waals surface area contributed by atoms with E-state index in [0.29, 0.717) is 22.4 Å². The molecule has 1 aliphatic carbocycles. The molecule has 0 saturated heterocycles. The van der Waals surface area contributed by atoms with E-state index in [1.807, 2.05) is 13.0 Å². The van der Waals surface area contributed by atoms with Crippen LogP contribution in [0.1, 0.15) is 66.0 Å².